The minimum absolute atomic E-state index is 0.0597. The van der Waals surface area contributed by atoms with Crippen LogP contribution in [0.1, 0.15) is 40.1 Å². The molecular weight excluding hydrogens is 348 g/mol. The topological polar surface area (TPSA) is 68.3 Å². The van der Waals surface area contributed by atoms with Gasteiger partial charge in [0.15, 0.2) is 0 Å². The maximum absolute atomic E-state index is 13.2. The first-order valence-corrected chi connectivity index (χ1v) is 9.63. The van der Waals surface area contributed by atoms with Crippen molar-refractivity contribution in [3.05, 3.63) is 83.1 Å². The summed E-state index contributed by atoms with van der Waals surface area (Å²) in [6.07, 6.45) is 1.90. The van der Waals surface area contributed by atoms with Crippen molar-refractivity contribution in [3.63, 3.8) is 0 Å². The molecule has 0 radical (unpaired) electrons. The molecule has 0 unspecified atom stereocenters. The quantitative estimate of drug-likeness (QED) is 0.544. The molecule has 4 nitrogen and oxygen atoms in total. The van der Waals surface area contributed by atoms with Crippen molar-refractivity contribution in [3.8, 4) is 0 Å². The number of hydrogen-bond acceptors (Lipinski definition) is 3. The van der Waals surface area contributed by atoms with Crippen molar-refractivity contribution in [2.45, 2.75) is 31.8 Å². The van der Waals surface area contributed by atoms with Crippen molar-refractivity contribution in [2.75, 3.05) is 0 Å². The van der Waals surface area contributed by atoms with Crippen LogP contribution in [-0.4, -0.2) is 5.91 Å². The molecule has 4 aromatic rings. The number of carbonyl (C=O) groups excluding carboxylic acids is 1. The number of hydrogen-bond donors (Lipinski definition) is 2. The van der Waals surface area contributed by atoms with Gasteiger partial charge in [0.1, 0.15) is 11.3 Å². The van der Waals surface area contributed by atoms with Crippen LogP contribution in [0.15, 0.2) is 65.1 Å². The number of nitrogens with two attached hydrogens (primary N) is 1. The Bertz CT molecular complexity index is 1210. The maximum Gasteiger partial charge on any atom is 0.252 e. The molecule has 140 valence electrons. The predicted octanol–water partition coefficient (Wildman–Crippen LogP) is 4.77. The number of amides is 1. The molecule has 1 saturated carbocycles. The first-order valence-electron chi connectivity index (χ1n) is 9.63. The summed E-state index contributed by atoms with van der Waals surface area (Å²) in [4.78, 5) is 13.2. The second-order valence-corrected chi connectivity index (χ2v) is 7.68. The minimum atomic E-state index is -0.287. The summed E-state index contributed by atoms with van der Waals surface area (Å²) in [6.45, 7) is 2.31. The molecule has 28 heavy (non-hydrogen) atoms. The normalized spacial score (nSPS) is 15.1. The van der Waals surface area contributed by atoms with E-state index in [0.29, 0.717) is 17.7 Å². The van der Waals surface area contributed by atoms with Crippen molar-refractivity contribution >= 4 is 27.6 Å². The Hall–Kier alpha value is -3.11. The summed E-state index contributed by atoms with van der Waals surface area (Å²) in [6, 6.07) is 20.4. The minimum Gasteiger partial charge on any atom is -0.460 e. The lowest BCUT2D eigenvalue weighted by Crippen LogP contribution is -2.35. The van der Waals surface area contributed by atoms with Gasteiger partial charge in [0, 0.05) is 10.9 Å². The predicted molar refractivity (Wildman–Crippen MR) is 111 cm³/mol. The molecule has 1 aliphatic rings. The maximum atomic E-state index is 13.2. The van der Waals surface area contributed by atoms with E-state index in [4.69, 9.17) is 10.2 Å². The Balaban J connectivity index is 1.51. The van der Waals surface area contributed by atoms with Gasteiger partial charge >= 0.3 is 0 Å². The summed E-state index contributed by atoms with van der Waals surface area (Å²) in [7, 11) is 0. The Kier molecular flexibility index (Phi) is 3.78. The van der Waals surface area contributed by atoms with Gasteiger partial charge in [-0.25, -0.2) is 0 Å². The summed E-state index contributed by atoms with van der Waals surface area (Å²) in [5.74, 6) is 0.664. The van der Waals surface area contributed by atoms with Gasteiger partial charge in [0.05, 0.1) is 12.1 Å². The molecule has 0 bridgehead atoms. The van der Waals surface area contributed by atoms with Crippen LogP contribution >= 0.6 is 0 Å². The second-order valence-electron chi connectivity index (χ2n) is 7.68. The van der Waals surface area contributed by atoms with Crippen LogP contribution in [0, 0.1) is 6.92 Å². The number of carbonyl (C=O) groups is 1. The van der Waals surface area contributed by atoms with Crippen molar-refractivity contribution in [2.24, 2.45) is 5.73 Å². The van der Waals surface area contributed by atoms with E-state index >= 15 is 0 Å². The summed E-state index contributed by atoms with van der Waals surface area (Å²) < 4.78 is 5.75. The molecule has 0 saturated heterocycles. The molecule has 5 rings (SSSR count). The molecule has 0 atom stereocenters. The molecule has 1 aliphatic carbocycles. The third-order valence-electron chi connectivity index (χ3n) is 5.77. The van der Waals surface area contributed by atoms with Gasteiger partial charge in [-0.2, -0.15) is 0 Å². The second kappa shape index (κ2) is 6.21. The smallest absolute Gasteiger partial charge is 0.252 e. The highest BCUT2D eigenvalue weighted by molar-refractivity contribution is 6.00. The summed E-state index contributed by atoms with van der Waals surface area (Å²) in [5, 5.41) is 6.69. The van der Waals surface area contributed by atoms with Gasteiger partial charge in [-0.1, -0.05) is 42.5 Å². The van der Waals surface area contributed by atoms with E-state index in [-0.39, 0.29) is 11.4 Å². The first-order chi connectivity index (χ1) is 13.6. The third-order valence-corrected chi connectivity index (χ3v) is 5.77. The van der Waals surface area contributed by atoms with Crippen LogP contribution in [0.25, 0.3) is 21.7 Å². The Labute approximate surface area is 163 Å². The third kappa shape index (κ3) is 2.69. The van der Waals surface area contributed by atoms with Gasteiger partial charge in [-0.15, -0.1) is 0 Å². The zero-order chi connectivity index (χ0) is 19.3. The van der Waals surface area contributed by atoms with Crippen LogP contribution in [0.2, 0.25) is 0 Å². The first kappa shape index (κ1) is 17.0. The van der Waals surface area contributed by atoms with Crippen molar-refractivity contribution in [1.29, 1.82) is 0 Å². The van der Waals surface area contributed by atoms with Gasteiger partial charge in [0.2, 0.25) is 0 Å². The van der Waals surface area contributed by atoms with E-state index in [9.17, 15) is 4.79 Å². The largest absolute Gasteiger partial charge is 0.460 e. The zero-order valence-electron chi connectivity index (χ0n) is 15.8. The number of fused-ring (bicyclic) bond motifs is 2. The fourth-order valence-electron chi connectivity index (χ4n) is 4.11. The van der Waals surface area contributed by atoms with E-state index in [0.717, 1.165) is 29.6 Å². The van der Waals surface area contributed by atoms with Crippen LogP contribution in [-0.2, 0) is 12.1 Å². The molecular formula is C24H22N2O2. The van der Waals surface area contributed by atoms with E-state index < -0.39 is 0 Å². The molecule has 0 aliphatic heterocycles. The van der Waals surface area contributed by atoms with Gasteiger partial charge < -0.3 is 15.5 Å². The molecule has 1 aromatic heterocycles. The van der Waals surface area contributed by atoms with Crippen molar-refractivity contribution < 1.29 is 9.21 Å². The molecule has 0 spiro atoms. The Morgan fingerprint density at radius 2 is 1.86 bits per heavy atom. The zero-order valence-corrected chi connectivity index (χ0v) is 15.8. The molecule has 4 heteroatoms. The van der Waals surface area contributed by atoms with Gasteiger partial charge in [-0.05, 0) is 59.9 Å². The molecule has 1 amide bonds. The average Bonchev–Trinajstić information content (AvgIpc) is 3.37. The number of rotatable bonds is 4. The number of furan rings is 1. The standard InChI is InChI=1S/C24H22N2O2/c1-15-11-17-12-18(14-25)28-22(17)13-20(15)23(27)26-24(9-10-24)21-8-4-6-16-5-2-3-7-19(16)21/h2-8,11-13H,9-10,14,25H2,1H3,(H,26,27). The SMILES string of the molecule is Cc1cc2cc(CN)oc2cc1C(=O)NC1(c2cccc3ccccc23)CC1. The van der Waals surface area contributed by atoms with Crippen molar-refractivity contribution in [1.82, 2.24) is 5.32 Å². The number of aryl methyl sites for hydroxylation is 1. The van der Waals surface area contributed by atoms with Crippen LogP contribution in [0.5, 0.6) is 0 Å². The van der Waals surface area contributed by atoms with E-state index in [1.807, 2.05) is 37.3 Å². The highest BCUT2D eigenvalue weighted by Crippen LogP contribution is 2.48. The van der Waals surface area contributed by atoms with Gasteiger partial charge in [-0.3, -0.25) is 4.79 Å². The lowest BCUT2D eigenvalue weighted by atomic mass is 9.96. The number of benzene rings is 3. The van der Waals surface area contributed by atoms with Crippen LogP contribution in [0.3, 0.4) is 0 Å². The lowest BCUT2D eigenvalue weighted by molar-refractivity contribution is 0.0930. The fraction of sp³-hybridized carbons (Fsp3) is 0.208. The molecule has 1 heterocycles. The molecule has 3 N–H and O–H groups in total. The van der Waals surface area contributed by atoms with E-state index in [2.05, 4.69) is 35.6 Å². The summed E-state index contributed by atoms with van der Waals surface area (Å²) >= 11 is 0. The lowest BCUT2D eigenvalue weighted by Gasteiger charge is -2.20. The fourth-order valence-corrected chi connectivity index (χ4v) is 4.11. The molecule has 1 fully saturated rings. The van der Waals surface area contributed by atoms with E-state index in [1.165, 1.54) is 16.3 Å². The highest BCUT2D eigenvalue weighted by atomic mass is 16.3. The Morgan fingerprint density at radius 1 is 1.07 bits per heavy atom. The van der Waals surface area contributed by atoms with Crippen LogP contribution in [0.4, 0.5) is 0 Å². The highest BCUT2D eigenvalue weighted by Gasteiger charge is 2.46. The average molecular weight is 370 g/mol. The van der Waals surface area contributed by atoms with Crippen LogP contribution < -0.4 is 11.1 Å². The monoisotopic (exact) mass is 370 g/mol. The van der Waals surface area contributed by atoms with E-state index in [1.54, 1.807) is 0 Å². The van der Waals surface area contributed by atoms with Gasteiger partial charge in [0.25, 0.3) is 5.91 Å². The summed E-state index contributed by atoms with van der Waals surface area (Å²) in [5.41, 5.74) is 8.87. The molecule has 3 aromatic carbocycles. The number of nitrogens with one attached hydrogen (secondary N) is 1. The Morgan fingerprint density at radius 3 is 2.64 bits per heavy atom.